The summed E-state index contributed by atoms with van der Waals surface area (Å²) in [5.74, 6) is 1.87. The molecule has 1 heterocycles. The maximum atomic E-state index is 12.6. The summed E-state index contributed by atoms with van der Waals surface area (Å²) in [5.41, 5.74) is -0.132. The molecule has 23 heavy (non-hydrogen) atoms. The first-order valence-electron chi connectivity index (χ1n) is 10.1. The highest BCUT2D eigenvalue weighted by atomic mass is 16.6. The van der Waals surface area contributed by atoms with Gasteiger partial charge in [0, 0.05) is 5.92 Å². The number of ether oxygens (including phenoxy) is 1. The summed E-state index contributed by atoms with van der Waals surface area (Å²) in [4.78, 5) is 12.6. The smallest absolute Gasteiger partial charge is 0.310 e. The van der Waals surface area contributed by atoms with E-state index in [0.29, 0.717) is 17.8 Å². The fraction of sp³-hybridized carbons (Fsp3) is 0.857. The topological polar surface area (TPSA) is 26.3 Å². The summed E-state index contributed by atoms with van der Waals surface area (Å²) < 4.78 is 6.18. The minimum Gasteiger partial charge on any atom is -0.458 e. The van der Waals surface area contributed by atoms with Gasteiger partial charge in [0.15, 0.2) is 0 Å². The van der Waals surface area contributed by atoms with Crippen LogP contribution in [-0.2, 0) is 9.53 Å². The van der Waals surface area contributed by atoms with Crippen molar-refractivity contribution in [3.05, 3.63) is 12.2 Å². The van der Waals surface area contributed by atoms with Crippen molar-refractivity contribution in [2.24, 2.45) is 23.7 Å². The Morgan fingerprint density at radius 2 is 1.57 bits per heavy atom. The molecule has 0 unspecified atom stereocenters. The average Bonchev–Trinajstić information content (AvgIpc) is 3.22. The molecule has 0 aromatic carbocycles. The molecule has 2 aliphatic carbocycles. The molecule has 3 aliphatic rings. The van der Waals surface area contributed by atoms with Gasteiger partial charge in [0.2, 0.25) is 0 Å². The van der Waals surface area contributed by atoms with Gasteiger partial charge in [-0.05, 0) is 43.9 Å². The first kappa shape index (κ1) is 17.0. The standard InChI is InChI=1S/C21H34O2/c1-3-5-7-9-13-21(14-10-8-6-4-2)19-17-12-11-16(15-17)18(19)20(22)23-21/h11-12,16-19H,3-10,13-15H2,1-2H3/t16-,17+,18-,19+/m0/s1. The zero-order valence-electron chi connectivity index (χ0n) is 15.1. The van der Waals surface area contributed by atoms with Crippen LogP contribution in [0.5, 0.6) is 0 Å². The highest BCUT2D eigenvalue weighted by molar-refractivity contribution is 5.78. The summed E-state index contributed by atoms with van der Waals surface area (Å²) in [6.45, 7) is 4.51. The van der Waals surface area contributed by atoms with E-state index in [1.54, 1.807) is 0 Å². The van der Waals surface area contributed by atoms with E-state index in [1.807, 2.05) is 0 Å². The molecule has 0 radical (unpaired) electrons. The number of allylic oxidation sites excluding steroid dienone is 2. The predicted molar refractivity (Wildman–Crippen MR) is 94.1 cm³/mol. The number of carbonyl (C=O) groups is 1. The fourth-order valence-electron chi connectivity index (χ4n) is 5.46. The Labute approximate surface area is 142 Å². The Kier molecular flexibility index (Phi) is 5.49. The van der Waals surface area contributed by atoms with E-state index in [-0.39, 0.29) is 17.5 Å². The van der Waals surface area contributed by atoms with Gasteiger partial charge in [-0.1, -0.05) is 64.5 Å². The molecule has 3 rings (SSSR count). The van der Waals surface area contributed by atoms with Crippen molar-refractivity contribution < 1.29 is 9.53 Å². The number of cyclic esters (lactones) is 1. The highest BCUT2D eigenvalue weighted by Gasteiger charge is 2.63. The Hall–Kier alpha value is -0.790. The van der Waals surface area contributed by atoms with Gasteiger partial charge < -0.3 is 4.74 Å². The van der Waals surface area contributed by atoms with Crippen molar-refractivity contribution >= 4 is 5.97 Å². The molecule has 2 fully saturated rings. The molecule has 0 aromatic heterocycles. The van der Waals surface area contributed by atoms with Crippen LogP contribution in [0.4, 0.5) is 0 Å². The maximum absolute atomic E-state index is 12.6. The van der Waals surface area contributed by atoms with Gasteiger partial charge in [-0.25, -0.2) is 0 Å². The molecule has 2 nitrogen and oxygen atoms in total. The van der Waals surface area contributed by atoms with Crippen LogP contribution in [0.25, 0.3) is 0 Å². The van der Waals surface area contributed by atoms with Crippen LogP contribution in [0.15, 0.2) is 12.2 Å². The van der Waals surface area contributed by atoms with Crippen molar-refractivity contribution in [1.29, 1.82) is 0 Å². The average molecular weight is 319 g/mol. The van der Waals surface area contributed by atoms with E-state index in [4.69, 9.17) is 4.74 Å². The lowest BCUT2D eigenvalue weighted by Gasteiger charge is -2.36. The van der Waals surface area contributed by atoms with Gasteiger partial charge in [0.05, 0.1) is 5.92 Å². The normalized spacial score (nSPS) is 33.2. The minimum absolute atomic E-state index is 0.123. The van der Waals surface area contributed by atoms with Gasteiger partial charge >= 0.3 is 5.97 Å². The zero-order valence-corrected chi connectivity index (χ0v) is 15.1. The van der Waals surface area contributed by atoms with Gasteiger partial charge in [-0.3, -0.25) is 4.79 Å². The number of fused-ring (bicyclic) bond motifs is 5. The maximum Gasteiger partial charge on any atom is 0.310 e. The molecular weight excluding hydrogens is 284 g/mol. The highest BCUT2D eigenvalue weighted by Crippen LogP contribution is 2.60. The van der Waals surface area contributed by atoms with Crippen LogP contribution in [0.1, 0.15) is 84.5 Å². The lowest BCUT2D eigenvalue weighted by atomic mass is 9.70. The van der Waals surface area contributed by atoms with Crippen molar-refractivity contribution in [3.63, 3.8) is 0 Å². The molecule has 4 atom stereocenters. The number of unbranched alkanes of at least 4 members (excludes halogenated alkanes) is 6. The molecule has 0 N–H and O–H groups in total. The summed E-state index contributed by atoms with van der Waals surface area (Å²) in [6, 6.07) is 0. The van der Waals surface area contributed by atoms with E-state index in [9.17, 15) is 4.79 Å². The van der Waals surface area contributed by atoms with E-state index < -0.39 is 0 Å². The van der Waals surface area contributed by atoms with Crippen molar-refractivity contribution in [2.75, 3.05) is 0 Å². The number of hydrogen-bond donors (Lipinski definition) is 0. The Bertz CT molecular complexity index is 427. The largest absolute Gasteiger partial charge is 0.458 e. The second kappa shape index (κ2) is 7.40. The quantitative estimate of drug-likeness (QED) is 0.295. The van der Waals surface area contributed by atoms with Gasteiger partial charge in [-0.15, -0.1) is 0 Å². The molecule has 1 saturated carbocycles. The molecule has 1 aliphatic heterocycles. The number of esters is 1. The summed E-state index contributed by atoms with van der Waals surface area (Å²) in [5, 5.41) is 0. The molecule has 130 valence electrons. The van der Waals surface area contributed by atoms with Gasteiger partial charge in [0.25, 0.3) is 0 Å². The molecule has 0 aromatic rings. The van der Waals surface area contributed by atoms with Crippen LogP contribution >= 0.6 is 0 Å². The fourth-order valence-corrected chi connectivity index (χ4v) is 5.46. The molecule has 2 heteroatoms. The number of hydrogen-bond acceptors (Lipinski definition) is 2. The van der Waals surface area contributed by atoms with Gasteiger partial charge in [-0.2, -0.15) is 0 Å². The first-order valence-corrected chi connectivity index (χ1v) is 10.1. The van der Waals surface area contributed by atoms with Crippen LogP contribution in [0.3, 0.4) is 0 Å². The first-order chi connectivity index (χ1) is 11.2. The lowest BCUT2D eigenvalue weighted by molar-refractivity contribution is -0.154. The van der Waals surface area contributed by atoms with E-state index in [0.717, 1.165) is 12.8 Å². The SMILES string of the molecule is CCCCCCC1(CCCCCC)OC(=O)[C@@H]2[C@H]1[C@@H]1C=C[C@H]2C1. The molecule has 0 spiro atoms. The Morgan fingerprint density at radius 1 is 0.957 bits per heavy atom. The van der Waals surface area contributed by atoms with E-state index in [1.165, 1.54) is 57.8 Å². The second-order valence-corrected chi connectivity index (χ2v) is 8.11. The molecular formula is C21H34O2. The molecule has 1 saturated heterocycles. The predicted octanol–water partition coefficient (Wildman–Crippen LogP) is 5.66. The van der Waals surface area contributed by atoms with Crippen LogP contribution < -0.4 is 0 Å². The van der Waals surface area contributed by atoms with Crippen LogP contribution in [-0.4, -0.2) is 11.6 Å². The van der Waals surface area contributed by atoms with Crippen molar-refractivity contribution in [3.8, 4) is 0 Å². The molecule has 2 bridgehead atoms. The van der Waals surface area contributed by atoms with Gasteiger partial charge in [0.1, 0.15) is 5.60 Å². The minimum atomic E-state index is -0.132. The third kappa shape index (κ3) is 3.23. The molecule has 0 amide bonds. The summed E-state index contributed by atoms with van der Waals surface area (Å²) in [7, 11) is 0. The summed E-state index contributed by atoms with van der Waals surface area (Å²) >= 11 is 0. The van der Waals surface area contributed by atoms with Crippen molar-refractivity contribution in [1.82, 2.24) is 0 Å². The number of carbonyl (C=O) groups excluding carboxylic acids is 1. The third-order valence-corrected chi connectivity index (χ3v) is 6.55. The van der Waals surface area contributed by atoms with E-state index in [2.05, 4.69) is 26.0 Å². The Morgan fingerprint density at radius 3 is 2.17 bits per heavy atom. The van der Waals surface area contributed by atoms with Crippen LogP contribution in [0, 0.1) is 23.7 Å². The van der Waals surface area contributed by atoms with E-state index >= 15 is 0 Å². The monoisotopic (exact) mass is 318 g/mol. The summed E-state index contributed by atoms with van der Waals surface area (Å²) in [6.07, 6.45) is 18.2. The van der Waals surface area contributed by atoms with Crippen LogP contribution in [0.2, 0.25) is 0 Å². The lowest BCUT2D eigenvalue weighted by Crippen LogP contribution is -2.39. The Balaban J connectivity index is 1.69. The zero-order chi connectivity index (χ0) is 16.3. The third-order valence-electron chi connectivity index (χ3n) is 6.55. The second-order valence-electron chi connectivity index (χ2n) is 8.11. The number of rotatable bonds is 10. The van der Waals surface area contributed by atoms with Crippen molar-refractivity contribution in [2.45, 2.75) is 90.1 Å².